The van der Waals surface area contributed by atoms with Gasteiger partial charge in [0.05, 0.1) is 24.6 Å². The molecule has 3 aromatic rings. The first-order valence-corrected chi connectivity index (χ1v) is 15.1. The quantitative estimate of drug-likeness (QED) is 0.405. The van der Waals surface area contributed by atoms with Gasteiger partial charge in [-0.15, -0.1) is 0 Å². The van der Waals surface area contributed by atoms with Gasteiger partial charge in [0, 0.05) is 37.1 Å². The molecule has 12 heteroatoms. The highest BCUT2D eigenvalue weighted by Crippen LogP contribution is 2.45. The largest absolute Gasteiger partial charge is 0.496 e. The molecular formula is C33H36FN5O6. The Morgan fingerprint density at radius 2 is 1.91 bits per heavy atom. The zero-order valence-corrected chi connectivity index (χ0v) is 25.5. The van der Waals surface area contributed by atoms with E-state index in [0.29, 0.717) is 41.0 Å². The number of aryl methyl sites for hydroxylation is 1. The first-order chi connectivity index (χ1) is 21.6. The second-order valence-corrected chi connectivity index (χ2v) is 12.0. The molecule has 3 aliphatic rings. The van der Waals surface area contributed by atoms with E-state index in [9.17, 15) is 23.9 Å². The van der Waals surface area contributed by atoms with Crippen molar-refractivity contribution in [2.24, 2.45) is 5.92 Å². The molecule has 3 amide bonds. The van der Waals surface area contributed by atoms with Gasteiger partial charge >= 0.3 is 12.0 Å². The second kappa shape index (κ2) is 12.0. The van der Waals surface area contributed by atoms with E-state index in [0.717, 1.165) is 24.8 Å². The van der Waals surface area contributed by atoms with Crippen molar-refractivity contribution in [3.8, 4) is 23.0 Å². The fraction of sp³-hybridized carbons (Fsp3) is 0.424. The number of nitrogens with zero attached hydrogens (tertiary/aromatic N) is 4. The van der Waals surface area contributed by atoms with E-state index in [1.165, 1.54) is 17.0 Å². The van der Waals surface area contributed by atoms with Gasteiger partial charge in [0.15, 0.2) is 5.82 Å². The summed E-state index contributed by atoms with van der Waals surface area (Å²) in [7, 11) is 3.27. The standard InChI is InChI=1S/C33H36FN5O6/c1-19-26(44-3)14-13-24-27(19)35-28(20-9-11-22(34)12-10-20)36-30(24)45-23-16-25-29(40)37-33(31(41)42)17-21(33)8-6-4-5-7-15-38(2)32(43)39(25)18-23/h6,8-14,21,23,25H,4-5,7,15-18H2,1-3H3,(H,37,40)(H,41,42)/b8-6+. The summed E-state index contributed by atoms with van der Waals surface area (Å²) in [6.07, 6.45) is 6.03. The van der Waals surface area contributed by atoms with Crippen LogP contribution in [0.1, 0.15) is 37.7 Å². The number of urea groups is 1. The molecule has 0 radical (unpaired) electrons. The molecule has 1 aromatic heterocycles. The van der Waals surface area contributed by atoms with E-state index >= 15 is 0 Å². The van der Waals surface area contributed by atoms with Gasteiger partial charge in [-0.25, -0.2) is 19.0 Å². The zero-order chi connectivity index (χ0) is 31.9. The van der Waals surface area contributed by atoms with Crippen LogP contribution < -0.4 is 14.8 Å². The van der Waals surface area contributed by atoms with Gasteiger partial charge < -0.3 is 29.7 Å². The van der Waals surface area contributed by atoms with E-state index in [-0.39, 0.29) is 30.8 Å². The van der Waals surface area contributed by atoms with E-state index < -0.39 is 35.4 Å². The van der Waals surface area contributed by atoms with Gasteiger partial charge in [-0.05, 0) is 69.0 Å². The first-order valence-electron chi connectivity index (χ1n) is 15.1. The van der Waals surface area contributed by atoms with Gasteiger partial charge in [-0.1, -0.05) is 12.2 Å². The summed E-state index contributed by atoms with van der Waals surface area (Å²) in [5.74, 6) is -1.13. The number of carboxylic acids is 1. The van der Waals surface area contributed by atoms with Crippen LogP contribution in [-0.2, 0) is 9.59 Å². The minimum Gasteiger partial charge on any atom is -0.496 e. The van der Waals surface area contributed by atoms with Crippen molar-refractivity contribution in [1.29, 1.82) is 0 Å². The molecule has 2 aliphatic heterocycles. The number of benzene rings is 2. The number of carbonyl (C=O) groups excluding carboxylic acids is 2. The van der Waals surface area contributed by atoms with Crippen LogP contribution in [0.2, 0.25) is 0 Å². The Morgan fingerprint density at radius 1 is 1.13 bits per heavy atom. The normalized spacial score (nSPS) is 26.0. The molecule has 2 fully saturated rings. The molecule has 2 aromatic carbocycles. The summed E-state index contributed by atoms with van der Waals surface area (Å²) < 4.78 is 25.7. The Bertz CT molecular complexity index is 1680. The lowest BCUT2D eigenvalue weighted by molar-refractivity contribution is -0.144. The molecule has 1 saturated heterocycles. The molecule has 1 aliphatic carbocycles. The third-order valence-corrected chi connectivity index (χ3v) is 9.00. The number of aromatic nitrogens is 2. The zero-order valence-electron chi connectivity index (χ0n) is 25.5. The highest BCUT2D eigenvalue weighted by atomic mass is 19.1. The fourth-order valence-electron chi connectivity index (χ4n) is 6.28. The van der Waals surface area contributed by atoms with E-state index in [4.69, 9.17) is 19.4 Å². The molecule has 0 spiro atoms. The molecule has 4 atom stereocenters. The maximum atomic E-state index is 13.7. The Kier molecular flexibility index (Phi) is 8.07. The number of hydrogen-bond acceptors (Lipinski definition) is 7. The predicted octanol–water partition coefficient (Wildman–Crippen LogP) is 4.33. The number of aliphatic carboxylic acids is 1. The average molecular weight is 618 g/mol. The number of methoxy groups -OCH3 is 1. The van der Waals surface area contributed by atoms with Crippen LogP contribution in [-0.4, -0.2) is 87.7 Å². The molecule has 0 bridgehead atoms. The molecule has 11 nitrogen and oxygen atoms in total. The number of carboxylic acid groups (broad SMARTS) is 1. The number of ether oxygens (including phenoxy) is 2. The Labute approximate surface area is 260 Å². The number of amides is 3. The second-order valence-electron chi connectivity index (χ2n) is 12.0. The van der Waals surface area contributed by atoms with E-state index in [1.54, 1.807) is 43.3 Å². The molecule has 1 saturated carbocycles. The van der Waals surface area contributed by atoms with Gasteiger partial charge in [0.2, 0.25) is 11.8 Å². The molecule has 2 N–H and O–H groups in total. The minimum absolute atomic E-state index is 0.0944. The highest BCUT2D eigenvalue weighted by Gasteiger charge is 2.61. The smallest absolute Gasteiger partial charge is 0.330 e. The van der Waals surface area contributed by atoms with E-state index in [1.807, 2.05) is 19.1 Å². The summed E-state index contributed by atoms with van der Waals surface area (Å²) in [6.45, 7) is 2.48. The monoisotopic (exact) mass is 617 g/mol. The summed E-state index contributed by atoms with van der Waals surface area (Å²) in [4.78, 5) is 52.2. The average Bonchev–Trinajstić information content (AvgIpc) is 3.56. The van der Waals surface area contributed by atoms with Crippen molar-refractivity contribution < 1.29 is 33.4 Å². The van der Waals surface area contributed by atoms with Crippen LogP contribution in [0.3, 0.4) is 0 Å². The maximum absolute atomic E-state index is 13.7. The van der Waals surface area contributed by atoms with Crippen molar-refractivity contribution in [3.05, 3.63) is 59.9 Å². The first kappa shape index (κ1) is 30.3. The fourth-order valence-corrected chi connectivity index (χ4v) is 6.28. The molecule has 45 heavy (non-hydrogen) atoms. The van der Waals surface area contributed by atoms with Crippen LogP contribution >= 0.6 is 0 Å². The number of halogens is 1. The van der Waals surface area contributed by atoms with Crippen LogP contribution in [0.5, 0.6) is 11.6 Å². The maximum Gasteiger partial charge on any atom is 0.330 e. The molecular weight excluding hydrogens is 581 g/mol. The number of hydrogen-bond donors (Lipinski definition) is 2. The van der Waals surface area contributed by atoms with Crippen LogP contribution in [0.15, 0.2) is 48.6 Å². The molecule has 3 heterocycles. The molecule has 6 rings (SSSR count). The van der Waals surface area contributed by atoms with Crippen molar-refractivity contribution in [1.82, 2.24) is 25.1 Å². The Balaban J connectivity index is 1.35. The van der Waals surface area contributed by atoms with Crippen molar-refractivity contribution in [2.45, 2.75) is 56.7 Å². The van der Waals surface area contributed by atoms with Crippen molar-refractivity contribution in [3.63, 3.8) is 0 Å². The lowest BCUT2D eigenvalue weighted by Crippen LogP contribution is -2.54. The molecule has 4 unspecified atom stereocenters. The summed E-state index contributed by atoms with van der Waals surface area (Å²) >= 11 is 0. The predicted molar refractivity (Wildman–Crippen MR) is 163 cm³/mol. The SMILES string of the molecule is COc1ccc2c(OC3CC4C(=O)NC5(C(=O)O)CC5/C=C/CCCCN(C)C(=O)N4C3)nc(-c3ccc(F)cc3)nc2c1C. The Morgan fingerprint density at radius 3 is 2.64 bits per heavy atom. The van der Waals surface area contributed by atoms with Gasteiger partial charge in [-0.3, -0.25) is 4.79 Å². The third-order valence-electron chi connectivity index (χ3n) is 9.00. The summed E-state index contributed by atoms with van der Waals surface area (Å²) in [5, 5.41) is 13.4. The van der Waals surface area contributed by atoms with Crippen molar-refractivity contribution in [2.75, 3.05) is 27.2 Å². The van der Waals surface area contributed by atoms with Gasteiger partial charge in [0.25, 0.3) is 0 Å². The van der Waals surface area contributed by atoms with Crippen LogP contribution in [0.25, 0.3) is 22.3 Å². The van der Waals surface area contributed by atoms with Crippen LogP contribution in [0, 0.1) is 18.7 Å². The number of rotatable bonds is 5. The molecule has 236 valence electrons. The van der Waals surface area contributed by atoms with Gasteiger partial charge in [0.1, 0.15) is 29.3 Å². The number of fused-ring (bicyclic) bond motifs is 3. The number of allylic oxidation sites excluding steroid dienone is 1. The number of nitrogens with one attached hydrogen (secondary N) is 1. The highest BCUT2D eigenvalue weighted by molar-refractivity contribution is 5.95. The number of carbonyl (C=O) groups is 3. The summed E-state index contributed by atoms with van der Waals surface area (Å²) in [6, 6.07) is 8.13. The van der Waals surface area contributed by atoms with Gasteiger partial charge in [-0.2, -0.15) is 4.98 Å². The van der Waals surface area contributed by atoms with Crippen molar-refractivity contribution >= 4 is 28.8 Å². The Hall–Kier alpha value is -4.74. The van der Waals surface area contributed by atoms with E-state index in [2.05, 4.69) is 5.32 Å². The lowest BCUT2D eigenvalue weighted by atomic mass is 10.1. The minimum atomic E-state index is -1.39. The summed E-state index contributed by atoms with van der Waals surface area (Å²) in [5.41, 5.74) is 0.537. The third kappa shape index (κ3) is 5.76. The lowest BCUT2D eigenvalue weighted by Gasteiger charge is -2.29. The topological polar surface area (TPSA) is 134 Å². The van der Waals surface area contributed by atoms with Crippen LogP contribution in [0.4, 0.5) is 9.18 Å².